The first-order chi connectivity index (χ1) is 34.9. The number of rotatable bonds is 33. The van der Waals surface area contributed by atoms with Crippen molar-refractivity contribution in [2.45, 2.75) is 173 Å². The molecule has 0 aliphatic carbocycles. The molecule has 25 nitrogen and oxygen atoms in total. The average molecular weight is 1050 g/mol. The molecular formula is C49H84N14O11. The Morgan fingerprint density at radius 2 is 1.18 bits per heavy atom. The first kappa shape index (κ1) is 63.5. The summed E-state index contributed by atoms with van der Waals surface area (Å²) < 4.78 is 0. The van der Waals surface area contributed by atoms with Crippen molar-refractivity contribution >= 4 is 59.2 Å². The molecule has 416 valence electrons. The Hall–Kier alpha value is -6.60. The molecule has 1 aliphatic rings. The van der Waals surface area contributed by atoms with Crippen molar-refractivity contribution in [2.75, 3.05) is 26.2 Å². The minimum absolute atomic E-state index is 0.0148. The van der Waals surface area contributed by atoms with Gasteiger partial charge in [0.15, 0.2) is 5.96 Å². The molecule has 0 aromatic heterocycles. The van der Waals surface area contributed by atoms with Gasteiger partial charge < -0.3 is 81.0 Å². The van der Waals surface area contributed by atoms with E-state index in [4.69, 9.17) is 28.7 Å². The second kappa shape index (κ2) is 32.6. The van der Waals surface area contributed by atoms with E-state index >= 15 is 0 Å². The molecule has 19 N–H and O–H groups in total. The van der Waals surface area contributed by atoms with E-state index in [0.29, 0.717) is 50.8 Å². The molecular weight excluding hydrogens is 961 g/mol. The fourth-order valence-corrected chi connectivity index (χ4v) is 8.13. The number of benzene rings is 1. The molecule has 1 fully saturated rings. The summed E-state index contributed by atoms with van der Waals surface area (Å²) in [7, 11) is 0. The van der Waals surface area contributed by atoms with Crippen LogP contribution in [0.15, 0.2) is 29.3 Å². The summed E-state index contributed by atoms with van der Waals surface area (Å²) in [5.74, 6) is -7.47. The molecule has 1 heterocycles. The lowest BCUT2D eigenvalue weighted by Gasteiger charge is -2.31. The number of nitrogens with two attached hydrogens (primary N) is 5. The van der Waals surface area contributed by atoms with Gasteiger partial charge in [-0.15, -0.1) is 0 Å². The van der Waals surface area contributed by atoms with Crippen LogP contribution in [0.25, 0.3) is 0 Å². The van der Waals surface area contributed by atoms with E-state index in [-0.39, 0.29) is 75.7 Å². The van der Waals surface area contributed by atoms with E-state index in [1.165, 1.54) is 43.0 Å². The van der Waals surface area contributed by atoms with Crippen LogP contribution in [0.4, 0.5) is 0 Å². The van der Waals surface area contributed by atoms with Gasteiger partial charge >= 0.3 is 5.97 Å². The SMILES string of the molecule is CC(C)C[C@H](NC(=O)[C@H](C)N)C(=O)N[C@@H](CCCN=C(N)N)C(=O)N[C@@H](C)C(=O)N[C@@H](CCCCN)C(=O)N1CCC[C@H]1C(=O)N[C@@H](CCCCN)C(=O)N[C@H](C(=O)N[C@@H](Cc1ccc(O)cc1)C(=O)O)C(C)C. The molecule has 1 aromatic carbocycles. The summed E-state index contributed by atoms with van der Waals surface area (Å²) in [6, 6.07) is -4.55. The normalized spacial score (nSPS) is 16.5. The number of hydrogen-bond donors (Lipinski definition) is 14. The number of phenols is 1. The van der Waals surface area contributed by atoms with Gasteiger partial charge in [-0.1, -0.05) is 39.8 Å². The average Bonchev–Trinajstić information content (AvgIpc) is 3.83. The van der Waals surface area contributed by atoms with Crippen LogP contribution in [0.5, 0.6) is 5.75 Å². The highest BCUT2D eigenvalue weighted by Gasteiger charge is 2.40. The number of aliphatic carboxylic acids is 1. The lowest BCUT2D eigenvalue weighted by molar-refractivity contribution is -0.143. The Morgan fingerprint density at radius 3 is 1.73 bits per heavy atom. The summed E-state index contributed by atoms with van der Waals surface area (Å²) in [4.78, 5) is 127. The number of aromatic hydroxyl groups is 1. The van der Waals surface area contributed by atoms with E-state index in [1.807, 2.05) is 13.8 Å². The van der Waals surface area contributed by atoms with Gasteiger partial charge in [-0.2, -0.15) is 0 Å². The quantitative estimate of drug-likeness (QED) is 0.0202. The van der Waals surface area contributed by atoms with Crippen LogP contribution >= 0.6 is 0 Å². The van der Waals surface area contributed by atoms with Gasteiger partial charge in [-0.3, -0.25) is 43.3 Å². The van der Waals surface area contributed by atoms with Crippen LogP contribution in [-0.2, 0) is 49.6 Å². The van der Waals surface area contributed by atoms with Crippen molar-refractivity contribution in [2.24, 2.45) is 45.5 Å². The summed E-state index contributed by atoms with van der Waals surface area (Å²) in [5, 5.41) is 38.2. The van der Waals surface area contributed by atoms with Crippen molar-refractivity contribution in [1.82, 2.24) is 42.1 Å². The predicted octanol–water partition coefficient (Wildman–Crippen LogP) is -2.22. The largest absolute Gasteiger partial charge is 0.508 e. The van der Waals surface area contributed by atoms with Crippen LogP contribution in [0.3, 0.4) is 0 Å². The van der Waals surface area contributed by atoms with Gasteiger partial charge in [0, 0.05) is 19.5 Å². The highest BCUT2D eigenvalue weighted by Crippen LogP contribution is 2.21. The van der Waals surface area contributed by atoms with Crippen LogP contribution in [0.2, 0.25) is 0 Å². The molecule has 0 unspecified atom stereocenters. The monoisotopic (exact) mass is 1040 g/mol. The number of nitrogens with zero attached hydrogens (tertiary/aromatic N) is 2. The zero-order valence-corrected chi connectivity index (χ0v) is 43.8. The van der Waals surface area contributed by atoms with Gasteiger partial charge in [0.05, 0.1) is 6.04 Å². The van der Waals surface area contributed by atoms with Gasteiger partial charge in [0.1, 0.15) is 54.1 Å². The number of aliphatic imine (C=N–C) groups is 1. The first-order valence-corrected chi connectivity index (χ1v) is 25.5. The van der Waals surface area contributed by atoms with E-state index in [9.17, 15) is 53.4 Å². The van der Waals surface area contributed by atoms with Crippen LogP contribution in [-0.4, -0.2) is 155 Å². The van der Waals surface area contributed by atoms with E-state index < -0.39 is 114 Å². The summed E-state index contributed by atoms with van der Waals surface area (Å²) in [5.41, 5.74) is 28.7. The number of amides is 8. The number of phenolic OH excluding ortho intramolecular Hbond substituents is 1. The van der Waals surface area contributed by atoms with Gasteiger partial charge in [0.25, 0.3) is 0 Å². The Morgan fingerprint density at radius 1 is 0.649 bits per heavy atom. The third-order valence-electron chi connectivity index (χ3n) is 12.3. The van der Waals surface area contributed by atoms with Crippen molar-refractivity contribution in [3.8, 4) is 5.75 Å². The minimum Gasteiger partial charge on any atom is -0.508 e. The molecule has 1 aliphatic heterocycles. The Balaban J connectivity index is 2.30. The number of carbonyl (C=O) groups is 9. The number of nitrogens with one attached hydrogen (secondary N) is 7. The summed E-state index contributed by atoms with van der Waals surface area (Å²) in [6.45, 7) is 10.8. The Kier molecular flexibility index (Phi) is 27.9. The second-order valence-electron chi connectivity index (χ2n) is 19.6. The molecule has 0 saturated carbocycles. The number of carboxylic acid groups (broad SMARTS) is 1. The first-order valence-electron chi connectivity index (χ1n) is 25.5. The Bertz CT molecular complexity index is 2050. The molecule has 8 amide bonds. The van der Waals surface area contributed by atoms with Crippen LogP contribution in [0, 0.1) is 11.8 Å². The number of guanidine groups is 1. The van der Waals surface area contributed by atoms with Crippen LogP contribution < -0.4 is 65.9 Å². The minimum atomic E-state index is -1.37. The van der Waals surface area contributed by atoms with Crippen LogP contribution in [0.1, 0.15) is 118 Å². The molecule has 2 rings (SSSR count). The fraction of sp³-hybridized carbons (Fsp3) is 0.673. The maximum absolute atomic E-state index is 14.4. The van der Waals surface area contributed by atoms with Crippen molar-refractivity contribution in [3.05, 3.63) is 29.8 Å². The summed E-state index contributed by atoms with van der Waals surface area (Å²) >= 11 is 0. The third-order valence-corrected chi connectivity index (χ3v) is 12.3. The van der Waals surface area contributed by atoms with Gasteiger partial charge in [-0.25, -0.2) is 4.79 Å². The predicted molar refractivity (Wildman–Crippen MR) is 277 cm³/mol. The third kappa shape index (κ3) is 22.3. The Labute approximate surface area is 433 Å². The second-order valence-corrected chi connectivity index (χ2v) is 19.6. The topological polar surface area (TPSA) is 424 Å². The van der Waals surface area contributed by atoms with Crippen molar-refractivity contribution < 1.29 is 53.4 Å². The highest BCUT2D eigenvalue weighted by atomic mass is 16.4. The molecule has 0 bridgehead atoms. The van der Waals surface area contributed by atoms with Gasteiger partial charge in [0.2, 0.25) is 47.3 Å². The van der Waals surface area contributed by atoms with Crippen molar-refractivity contribution in [3.63, 3.8) is 0 Å². The van der Waals surface area contributed by atoms with E-state index in [1.54, 1.807) is 13.8 Å². The standard InChI is InChI=1S/C49H84N14O11/c1-27(2)25-36(60-40(65)29(5)52)44(69)57-34(15-11-23-55-49(53)54)42(67)56-30(6)41(66)59-35(14-8-10-22-51)47(72)63-24-12-16-38(63)45(70)58-33(13-7-9-21-50)43(68)62-39(28(3)4)46(71)61-37(48(73)74)26-31-17-19-32(64)20-18-31/h17-20,27-30,33-39,64H,7-16,21-26,50-52H2,1-6H3,(H,56,67)(H,57,69)(H,58,70)(H,59,66)(H,60,65)(H,61,71)(H,62,68)(H,73,74)(H4,53,54,55)/t29-,30-,33-,34-,35-,36-,37-,38-,39-/m0/s1. The number of unbranched alkanes of at least 4 members (excludes halogenated alkanes) is 2. The highest BCUT2D eigenvalue weighted by molar-refractivity contribution is 5.98. The maximum Gasteiger partial charge on any atom is 0.326 e. The van der Waals surface area contributed by atoms with Crippen molar-refractivity contribution in [1.29, 1.82) is 0 Å². The molecule has 25 heteroatoms. The molecule has 9 atom stereocenters. The lowest BCUT2D eigenvalue weighted by atomic mass is 10.00. The summed E-state index contributed by atoms with van der Waals surface area (Å²) in [6.07, 6.45) is 3.12. The molecule has 74 heavy (non-hydrogen) atoms. The number of carboxylic acids is 1. The maximum atomic E-state index is 14.4. The zero-order chi connectivity index (χ0) is 55.7. The fourth-order valence-electron chi connectivity index (χ4n) is 8.13. The lowest BCUT2D eigenvalue weighted by Crippen LogP contribution is -2.60. The number of likely N-dealkylation sites (tertiary alicyclic amines) is 1. The van der Waals surface area contributed by atoms with E-state index in [0.717, 1.165) is 0 Å². The molecule has 1 saturated heterocycles. The molecule has 1 aromatic rings. The smallest absolute Gasteiger partial charge is 0.326 e. The number of carbonyl (C=O) groups excluding carboxylic acids is 8. The zero-order valence-electron chi connectivity index (χ0n) is 43.8. The number of hydrogen-bond acceptors (Lipinski definition) is 14. The van der Waals surface area contributed by atoms with Gasteiger partial charge in [-0.05, 0) is 127 Å². The molecule has 0 radical (unpaired) electrons. The molecule has 0 spiro atoms. The van der Waals surface area contributed by atoms with E-state index in [2.05, 4.69) is 42.2 Å².